The van der Waals surface area contributed by atoms with Gasteiger partial charge in [-0.2, -0.15) is 0 Å². The van der Waals surface area contributed by atoms with E-state index in [4.69, 9.17) is 0 Å². The summed E-state index contributed by atoms with van der Waals surface area (Å²) in [6, 6.07) is 16.1. The maximum absolute atomic E-state index is 13.5. The summed E-state index contributed by atoms with van der Waals surface area (Å²) in [5.74, 6) is -0.139. The van der Waals surface area contributed by atoms with Crippen LogP contribution < -0.4 is 19.6 Å². The van der Waals surface area contributed by atoms with Crippen molar-refractivity contribution in [3.63, 3.8) is 0 Å². The van der Waals surface area contributed by atoms with Crippen molar-refractivity contribution >= 4 is 42.6 Å². The van der Waals surface area contributed by atoms with Crippen molar-refractivity contribution < 1.29 is 9.59 Å². The number of hydrogen-bond donors (Lipinski definition) is 1. The fourth-order valence-corrected chi connectivity index (χ4v) is 5.98. The molecular weight excluding hydrogens is 405 g/mol. The monoisotopic (exact) mass is 431 g/mol. The SMILES string of the molecule is CCC(=O)NC1([Se]c2ccccc2)Cc2ccc(N(C)C)cc2N(C)C1=O. The van der Waals surface area contributed by atoms with Gasteiger partial charge in [0.15, 0.2) is 0 Å². The first-order valence-corrected chi connectivity index (χ1v) is 10.7. The molecule has 2 amide bonds. The Morgan fingerprint density at radius 3 is 2.56 bits per heavy atom. The Labute approximate surface area is 166 Å². The molecular formula is C21H25N3O2Se. The zero-order valence-corrected chi connectivity index (χ0v) is 17.9. The number of nitrogens with zero attached hydrogens (tertiary/aromatic N) is 2. The van der Waals surface area contributed by atoms with Crippen LogP contribution in [0.4, 0.5) is 11.4 Å². The molecule has 1 unspecified atom stereocenters. The molecule has 0 bridgehead atoms. The normalized spacial score (nSPS) is 18.8. The number of amides is 2. The van der Waals surface area contributed by atoms with Crippen LogP contribution in [0.2, 0.25) is 0 Å². The number of benzene rings is 2. The molecule has 0 spiro atoms. The van der Waals surface area contributed by atoms with Gasteiger partial charge < -0.3 is 0 Å². The van der Waals surface area contributed by atoms with Crippen LogP contribution in [0.1, 0.15) is 18.9 Å². The van der Waals surface area contributed by atoms with Gasteiger partial charge in [-0.15, -0.1) is 0 Å². The van der Waals surface area contributed by atoms with E-state index in [0.717, 1.165) is 21.4 Å². The standard InChI is InChI=1S/C21H25N3O2Se/c1-5-19(25)22-21(27-17-9-7-6-8-10-17)14-15-11-12-16(23(2)3)13-18(15)24(4)20(21)26/h6-13H,5,14H2,1-4H3,(H,22,25). The molecule has 1 atom stereocenters. The molecule has 0 aromatic heterocycles. The third kappa shape index (κ3) is 3.87. The first kappa shape index (κ1) is 19.5. The topological polar surface area (TPSA) is 52.7 Å². The van der Waals surface area contributed by atoms with Crippen molar-refractivity contribution in [3.05, 3.63) is 54.1 Å². The van der Waals surface area contributed by atoms with E-state index in [0.29, 0.717) is 12.8 Å². The van der Waals surface area contributed by atoms with E-state index >= 15 is 0 Å². The number of likely N-dealkylation sites (N-methyl/N-ethyl adjacent to an activating group) is 1. The van der Waals surface area contributed by atoms with Crippen molar-refractivity contribution in [1.82, 2.24) is 5.32 Å². The Morgan fingerprint density at radius 1 is 1.22 bits per heavy atom. The zero-order chi connectivity index (χ0) is 19.6. The number of nitrogens with one attached hydrogen (secondary N) is 1. The molecule has 2 aromatic rings. The Balaban J connectivity index is 2.05. The van der Waals surface area contributed by atoms with Crippen molar-refractivity contribution in [2.24, 2.45) is 0 Å². The van der Waals surface area contributed by atoms with Gasteiger partial charge in [0, 0.05) is 0 Å². The summed E-state index contributed by atoms with van der Waals surface area (Å²) in [6.45, 7) is 1.81. The maximum atomic E-state index is 13.5. The van der Waals surface area contributed by atoms with Gasteiger partial charge in [-0.25, -0.2) is 0 Å². The summed E-state index contributed by atoms with van der Waals surface area (Å²) in [7, 11) is 5.76. The van der Waals surface area contributed by atoms with Gasteiger partial charge in [-0.3, -0.25) is 0 Å². The molecule has 142 valence electrons. The molecule has 1 aliphatic rings. The first-order chi connectivity index (χ1) is 12.9. The number of carbonyl (C=O) groups is 2. The molecule has 0 saturated carbocycles. The van der Waals surface area contributed by atoms with Crippen molar-refractivity contribution in [3.8, 4) is 0 Å². The molecule has 0 aliphatic carbocycles. The van der Waals surface area contributed by atoms with Crippen LogP contribution in [0, 0.1) is 0 Å². The first-order valence-electron chi connectivity index (χ1n) is 9.00. The zero-order valence-electron chi connectivity index (χ0n) is 16.2. The van der Waals surface area contributed by atoms with E-state index in [-0.39, 0.29) is 26.8 Å². The van der Waals surface area contributed by atoms with Gasteiger partial charge in [0.2, 0.25) is 0 Å². The van der Waals surface area contributed by atoms with Gasteiger partial charge in [0.1, 0.15) is 0 Å². The fraction of sp³-hybridized carbons (Fsp3) is 0.333. The van der Waals surface area contributed by atoms with Gasteiger partial charge in [-0.1, -0.05) is 0 Å². The van der Waals surface area contributed by atoms with Crippen LogP contribution in [0.3, 0.4) is 0 Å². The molecule has 0 radical (unpaired) electrons. The summed E-state index contributed by atoms with van der Waals surface area (Å²) in [6.07, 6.45) is 0.871. The summed E-state index contributed by atoms with van der Waals surface area (Å²) in [4.78, 5) is 29.5. The summed E-state index contributed by atoms with van der Waals surface area (Å²) in [5, 5.41) is 3.08. The molecule has 5 nitrogen and oxygen atoms in total. The predicted octanol–water partition coefficient (Wildman–Crippen LogP) is 1.52. The minimum absolute atomic E-state index is 0.0449. The Bertz CT molecular complexity index is 854. The van der Waals surface area contributed by atoms with Crippen LogP contribution in [0.15, 0.2) is 48.5 Å². The average molecular weight is 430 g/mol. The number of hydrogen-bond acceptors (Lipinski definition) is 3. The van der Waals surface area contributed by atoms with Crippen LogP contribution >= 0.6 is 0 Å². The molecule has 0 saturated heterocycles. The third-order valence-electron chi connectivity index (χ3n) is 4.73. The van der Waals surface area contributed by atoms with Crippen LogP contribution in [-0.4, -0.2) is 52.4 Å². The minimum atomic E-state index is -0.900. The second-order valence-electron chi connectivity index (χ2n) is 6.89. The van der Waals surface area contributed by atoms with E-state index in [2.05, 4.69) is 17.4 Å². The number of rotatable bonds is 5. The molecule has 2 aromatic carbocycles. The van der Waals surface area contributed by atoms with Crippen LogP contribution in [0.5, 0.6) is 0 Å². The van der Waals surface area contributed by atoms with Crippen molar-refractivity contribution in [2.75, 3.05) is 30.9 Å². The summed E-state index contributed by atoms with van der Waals surface area (Å²) in [5.41, 5.74) is 3.04. The Hall–Kier alpha value is -2.30. The molecule has 1 N–H and O–H groups in total. The van der Waals surface area contributed by atoms with Gasteiger partial charge in [0.25, 0.3) is 0 Å². The predicted molar refractivity (Wildman–Crippen MR) is 111 cm³/mol. The van der Waals surface area contributed by atoms with Gasteiger partial charge in [-0.05, 0) is 0 Å². The molecule has 3 rings (SSSR count). The van der Waals surface area contributed by atoms with E-state index < -0.39 is 4.44 Å². The van der Waals surface area contributed by atoms with E-state index in [1.54, 1.807) is 11.9 Å². The molecule has 6 heteroatoms. The number of anilines is 2. The fourth-order valence-electron chi connectivity index (χ4n) is 3.22. The van der Waals surface area contributed by atoms with Crippen molar-refractivity contribution in [2.45, 2.75) is 24.2 Å². The number of fused-ring (bicyclic) bond motifs is 1. The molecule has 1 heterocycles. The average Bonchev–Trinajstić information content (AvgIpc) is 2.66. The van der Waals surface area contributed by atoms with Gasteiger partial charge >= 0.3 is 167 Å². The molecule has 1 aliphatic heterocycles. The van der Waals surface area contributed by atoms with E-state index in [1.165, 1.54) is 0 Å². The Kier molecular flexibility index (Phi) is 5.58. The third-order valence-corrected chi connectivity index (χ3v) is 7.41. The van der Waals surface area contributed by atoms with Crippen molar-refractivity contribution in [1.29, 1.82) is 0 Å². The summed E-state index contributed by atoms with van der Waals surface area (Å²) < 4.78 is 0.194. The van der Waals surface area contributed by atoms with E-state index in [1.807, 2.05) is 62.3 Å². The Morgan fingerprint density at radius 2 is 1.93 bits per heavy atom. The number of carbonyl (C=O) groups excluding carboxylic acids is 2. The van der Waals surface area contributed by atoms with Crippen LogP contribution in [0.25, 0.3) is 0 Å². The molecule has 0 fully saturated rings. The van der Waals surface area contributed by atoms with E-state index in [9.17, 15) is 9.59 Å². The molecule has 27 heavy (non-hydrogen) atoms. The second-order valence-corrected chi connectivity index (χ2v) is 9.77. The van der Waals surface area contributed by atoms with Crippen LogP contribution in [-0.2, 0) is 16.0 Å². The summed E-state index contributed by atoms with van der Waals surface area (Å²) >= 11 is -0.234. The van der Waals surface area contributed by atoms with Gasteiger partial charge in [0.05, 0.1) is 0 Å². The second kappa shape index (κ2) is 7.75. The quantitative estimate of drug-likeness (QED) is 0.733.